The van der Waals surface area contributed by atoms with Crippen molar-refractivity contribution in [3.8, 4) is 0 Å². The standard InChI is InChI=1S/C12H23ClN2O/c1-15-8-5-11(6-9-15)10-14-12(16)4-2-3-7-13/h11H,2-10H2,1H3,(H,14,16). The molecular formula is C12H23ClN2O. The van der Waals surface area contributed by atoms with E-state index in [0.717, 1.165) is 32.5 Å². The molecule has 16 heavy (non-hydrogen) atoms. The number of carbonyl (C=O) groups is 1. The van der Waals surface area contributed by atoms with E-state index in [9.17, 15) is 4.79 Å². The lowest BCUT2D eigenvalue weighted by Gasteiger charge is -2.28. The van der Waals surface area contributed by atoms with Gasteiger partial charge in [-0.05, 0) is 51.7 Å². The minimum absolute atomic E-state index is 0.184. The SMILES string of the molecule is CN1CCC(CNC(=O)CCCCCl)CC1. The van der Waals surface area contributed by atoms with Crippen LogP contribution in [0.1, 0.15) is 32.1 Å². The molecule has 1 aliphatic rings. The molecule has 1 fully saturated rings. The van der Waals surface area contributed by atoms with Gasteiger partial charge in [0, 0.05) is 18.8 Å². The number of halogens is 1. The molecule has 0 aliphatic carbocycles. The molecule has 0 saturated carbocycles. The van der Waals surface area contributed by atoms with Gasteiger partial charge >= 0.3 is 0 Å². The van der Waals surface area contributed by atoms with Crippen LogP contribution in [0.4, 0.5) is 0 Å². The summed E-state index contributed by atoms with van der Waals surface area (Å²) >= 11 is 5.56. The van der Waals surface area contributed by atoms with Crippen molar-refractivity contribution in [2.45, 2.75) is 32.1 Å². The van der Waals surface area contributed by atoms with Crippen LogP contribution in [0.2, 0.25) is 0 Å². The number of alkyl halides is 1. The van der Waals surface area contributed by atoms with E-state index in [1.165, 1.54) is 12.8 Å². The second kappa shape index (κ2) is 7.91. The van der Waals surface area contributed by atoms with Gasteiger partial charge in [0.05, 0.1) is 0 Å². The topological polar surface area (TPSA) is 32.3 Å². The van der Waals surface area contributed by atoms with Crippen LogP contribution in [0, 0.1) is 5.92 Å². The fourth-order valence-electron chi connectivity index (χ4n) is 1.99. The van der Waals surface area contributed by atoms with Crippen molar-refractivity contribution in [1.29, 1.82) is 0 Å². The number of nitrogens with zero attached hydrogens (tertiary/aromatic N) is 1. The molecule has 4 heteroatoms. The van der Waals surface area contributed by atoms with Crippen LogP contribution < -0.4 is 5.32 Å². The summed E-state index contributed by atoms with van der Waals surface area (Å²) in [4.78, 5) is 13.8. The number of unbranched alkanes of at least 4 members (excludes halogenated alkanes) is 1. The normalized spacial score (nSPS) is 18.6. The summed E-state index contributed by atoms with van der Waals surface area (Å²) in [5, 5.41) is 3.03. The Hall–Kier alpha value is -0.280. The number of hydrogen-bond donors (Lipinski definition) is 1. The van der Waals surface area contributed by atoms with Crippen LogP contribution in [-0.2, 0) is 4.79 Å². The summed E-state index contributed by atoms with van der Waals surface area (Å²) in [6.45, 7) is 3.17. The zero-order valence-corrected chi connectivity index (χ0v) is 10.9. The van der Waals surface area contributed by atoms with Gasteiger partial charge in [0.25, 0.3) is 0 Å². The van der Waals surface area contributed by atoms with Crippen LogP contribution in [0.5, 0.6) is 0 Å². The zero-order valence-electron chi connectivity index (χ0n) is 10.2. The third kappa shape index (κ3) is 5.71. The lowest BCUT2D eigenvalue weighted by atomic mass is 9.97. The molecule has 0 radical (unpaired) electrons. The molecule has 1 N–H and O–H groups in total. The molecule has 0 aromatic rings. The maximum atomic E-state index is 11.5. The first-order chi connectivity index (χ1) is 7.72. The second-order valence-electron chi connectivity index (χ2n) is 4.70. The van der Waals surface area contributed by atoms with Crippen molar-refractivity contribution in [3.63, 3.8) is 0 Å². The summed E-state index contributed by atoms with van der Waals surface area (Å²) in [6.07, 6.45) is 4.88. The molecule has 3 nitrogen and oxygen atoms in total. The fraction of sp³-hybridized carbons (Fsp3) is 0.917. The monoisotopic (exact) mass is 246 g/mol. The quantitative estimate of drug-likeness (QED) is 0.573. The minimum Gasteiger partial charge on any atom is -0.356 e. The summed E-state index contributed by atoms with van der Waals surface area (Å²) in [5.41, 5.74) is 0. The van der Waals surface area contributed by atoms with Gasteiger partial charge in [-0.1, -0.05) is 0 Å². The predicted octanol–water partition coefficient (Wildman–Crippen LogP) is 1.85. The number of piperidine rings is 1. The summed E-state index contributed by atoms with van der Waals surface area (Å²) in [6, 6.07) is 0. The largest absolute Gasteiger partial charge is 0.356 e. The van der Waals surface area contributed by atoms with E-state index in [0.29, 0.717) is 18.2 Å². The van der Waals surface area contributed by atoms with Crippen LogP contribution in [0.25, 0.3) is 0 Å². The molecule has 1 amide bonds. The number of amides is 1. The van der Waals surface area contributed by atoms with Crippen LogP contribution >= 0.6 is 11.6 Å². The number of hydrogen-bond acceptors (Lipinski definition) is 2. The number of rotatable bonds is 6. The Bertz CT molecular complexity index is 203. The Balaban J connectivity index is 2.03. The minimum atomic E-state index is 0.184. The molecule has 0 atom stereocenters. The highest BCUT2D eigenvalue weighted by atomic mass is 35.5. The lowest BCUT2D eigenvalue weighted by molar-refractivity contribution is -0.121. The Labute approximate surface area is 104 Å². The highest BCUT2D eigenvalue weighted by Crippen LogP contribution is 2.14. The molecule has 0 spiro atoms. The van der Waals surface area contributed by atoms with Gasteiger partial charge in [-0.15, -0.1) is 11.6 Å². The number of nitrogens with one attached hydrogen (secondary N) is 1. The third-order valence-corrected chi connectivity index (χ3v) is 3.48. The number of likely N-dealkylation sites (tertiary alicyclic amines) is 1. The Kier molecular flexibility index (Phi) is 6.81. The molecule has 0 aromatic heterocycles. The number of carbonyl (C=O) groups excluding carboxylic acids is 1. The van der Waals surface area contributed by atoms with Crippen molar-refractivity contribution < 1.29 is 4.79 Å². The van der Waals surface area contributed by atoms with E-state index < -0.39 is 0 Å². The van der Waals surface area contributed by atoms with E-state index in [1.54, 1.807) is 0 Å². The van der Waals surface area contributed by atoms with E-state index in [1.807, 2.05) is 0 Å². The van der Waals surface area contributed by atoms with Crippen LogP contribution in [0.15, 0.2) is 0 Å². The van der Waals surface area contributed by atoms with Gasteiger partial charge < -0.3 is 10.2 Å². The third-order valence-electron chi connectivity index (χ3n) is 3.21. The molecule has 0 bridgehead atoms. The highest BCUT2D eigenvalue weighted by molar-refractivity contribution is 6.17. The summed E-state index contributed by atoms with van der Waals surface area (Å²) in [7, 11) is 2.15. The second-order valence-corrected chi connectivity index (χ2v) is 5.07. The first-order valence-corrected chi connectivity index (χ1v) is 6.77. The van der Waals surface area contributed by atoms with Crippen molar-refractivity contribution >= 4 is 17.5 Å². The van der Waals surface area contributed by atoms with Crippen LogP contribution in [-0.4, -0.2) is 43.4 Å². The van der Waals surface area contributed by atoms with Crippen LogP contribution in [0.3, 0.4) is 0 Å². The smallest absolute Gasteiger partial charge is 0.220 e. The molecule has 1 rings (SSSR count). The highest BCUT2D eigenvalue weighted by Gasteiger charge is 2.16. The van der Waals surface area contributed by atoms with Crippen molar-refractivity contribution in [2.24, 2.45) is 5.92 Å². The molecule has 1 heterocycles. The van der Waals surface area contributed by atoms with Gasteiger partial charge in [0.2, 0.25) is 5.91 Å². The van der Waals surface area contributed by atoms with Gasteiger partial charge in [0.15, 0.2) is 0 Å². The predicted molar refractivity (Wildman–Crippen MR) is 67.8 cm³/mol. The Morgan fingerprint density at radius 1 is 1.38 bits per heavy atom. The average Bonchev–Trinajstić information content (AvgIpc) is 2.29. The maximum Gasteiger partial charge on any atom is 0.220 e. The molecule has 0 unspecified atom stereocenters. The molecular weight excluding hydrogens is 224 g/mol. The first kappa shape index (κ1) is 13.8. The lowest BCUT2D eigenvalue weighted by Crippen LogP contribution is -2.36. The van der Waals surface area contributed by atoms with Gasteiger partial charge in [-0.25, -0.2) is 0 Å². The van der Waals surface area contributed by atoms with Crippen molar-refractivity contribution in [2.75, 3.05) is 32.6 Å². The molecule has 0 aromatic carbocycles. The van der Waals surface area contributed by atoms with Gasteiger partial charge in [-0.3, -0.25) is 4.79 Å². The van der Waals surface area contributed by atoms with E-state index >= 15 is 0 Å². The molecule has 94 valence electrons. The Morgan fingerprint density at radius 3 is 2.69 bits per heavy atom. The van der Waals surface area contributed by atoms with Gasteiger partial charge in [-0.2, -0.15) is 0 Å². The average molecular weight is 247 g/mol. The summed E-state index contributed by atoms with van der Waals surface area (Å²) in [5.74, 6) is 1.51. The van der Waals surface area contributed by atoms with Crippen molar-refractivity contribution in [3.05, 3.63) is 0 Å². The van der Waals surface area contributed by atoms with Gasteiger partial charge in [0.1, 0.15) is 0 Å². The first-order valence-electron chi connectivity index (χ1n) is 6.23. The molecule has 1 aliphatic heterocycles. The van der Waals surface area contributed by atoms with E-state index in [-0.39, 0.29) is 5.91 Å². The Morgan fingerprint density at radius 2 is 2.06 bits per heavy atom. The summed E-state index contributed by atoms with van der Waals surface area (Å²) < 4.78 is 0. The molecule has 1 saturated heterocycles. The fourth-order valence-corrected chi connectivity index (χ4v) is 2.18. The maximum absolute atomic E-state index is 11.5. The van der Waals surface area contributed by atoms with E-state index in [4.69, 9.17) is 11.6 Å². The van der Waals surface area contributed by atoms with Crippen molar-refractivity contribution in [1.82, 2.24) is 10.2 Å². The van der Waals surface area contributed by atoms with E-state index in [2.05, 4.69) is 17.3 Å². The zero-order chi connectivity index (χ0) is 11.8.